The van der Waals surface area contributed by atoms with E-state index in [1.807, 2.05) is 0 Å². The fourth-order valence-electron chi connectivity index (χ4n) is 1.36. The topological polar surface area (TPSA) is 98.0 Å². The van der Waals surface area contributed by atoms with Crippen molar-refractivity contribution in [1.82, 2.24) is 9.97 Å². The van der Waals surface area contributed by atoms with Crippen LogP contribution in [0.5, 0.6) is 0 Å². The van der Waals surface area contributed by atoms with E-state index < -0.39 is 10.8 Å². The van der Waals surface area contributed by atoms with Gasteiger partial charge in [0.25, 0.3) is 11.6 Å². The van der Waals surface area contributed by atoms with Crippen LogP contribution >= 0.6 is 23.2 Å². The molecule has 0 saturated carbocycles. The van der Waals surface area contributed by atoms with Crippen LogP contribution in [-0.4, -0.2) is 20.8 Å². The maximum atomic E-state index is 12.0. The van der Waals surface area contributed by atoms with Gasteiger partial charge in [-0.1, -0.05) is 23.2 Å². The van der Waals surface area contributed by atoms with E-state index in [0.29, 0.717) is 0 Å². The minimum Gasteiger partial charge on any atom is -0.319 e. The van der Waals surface area contributed by atoms with E-state index in [1.54, 1.807) is 0 Å². The molecule has 0 unspecified atom stereocenters. The molecule has 0 aliphatic carbocycles. The molecule has 1 N–H and O–H groups in total. The van der Waals surface area contributed by atoms with Crippen molar-refractivity contribution >= 4 is 40.5 Å². The predicted octanol–water partition coefficient (Wildman–Crippen LogP) is 2.94. The molecule has 0 fully saturated rings. The van der Waals surface area contributed by atoms with Gasteiger partial charge >= 0.3 is 0 Å². The molecule has 20 heavy (non-hydrogen) atoms. The van der Waals surface area contributed by atoms with Crippen molar-refractivity contribution in [2.24, 2.45) is 0 Å². The number of anilines is 1. The van der Waals surface area contributed by atoms with Crippen LogP contribution < -0.4 is 5.32 Å². The highest BCUT2D eigenvalue weighted by molar-refractivity contribution is 6.35. The van der Waals surface area contributed by atoms with Gasteiger partial charge in [-0.05, 0) is 6.07 Å². The third kappa shape index (κ3) is 3.01. The Morgan fingerprint density at radius 3 is 2.75 bits per heavy atom. The zero-order valence-electron chi connectivity index (χ0n) is 9.71. The lowest BCUT2D eigenvalue weighted by molar-refractivity contribution is -0.385. The summed E-state index contributed by atoms with van der Waals surface area (Å²) in [6.07, 6.45) is 3.77. The average molecular weight is 313 g/mol. The van der Waals surface area contributed by atoms with Gasteiger partial charge in [0.15, 0.2) is 0 Å². The Labute approximate surface area is 122 Å². The number of hydrogen-bond donors (Lipinski definition) is 1. The second-order valence-corrected chi connectivity index (χ2v) is 4.36. The van der Waals surface area contributed by atoms with Crippen molar-refractivity contribution in [2.45, 2.75) is 0 Å². The van der Waals surface area contributed by atoms with Crippen molar-refractivity contribution in [3.05, 3.63) is 56.6 Å². The van der Waals surface area contributed by atoms with E-state index in [4.69, 9.17) is 23.2 Å². The summed E-state index contributed by atoms with van der Waals surface area (Å²) in [5.41, 5.74) is -0.195. The molecule has 0 spiro atoms. The number of hydrogen-bond acceptors (Lipinski definition) is 5. The Bertz CT molecular complexity index is 693. The highest BCUT2D eigenvalue weighted by atomic mass is 35.5. The van der Waals surface area contributed by atoms with Crippen LogP contribution in [0.2, 0.25) is 10.2 Å². The fourth-order valence-corrected chi connectivity index (χ4v) is 1.70. The molecule has 0 aromatic carbocycles. The van der Waals surface area contributed by atoms with Crippen molar-refractivity contribution in [2.75, 3.05) is 5.32 Å². The Morgan fingerprint density at radius 2 is 2.10 bits per heavy atom. The molecular weight excluding hydrogens is 307 g/mol. The van der Waals surface area contributed by atoms with E-state index in [1.165, 1.54) is 18.5 Å². The Balaban J connectivity index is 2.32. The normalized spacial score (nSPS) is 10.1. The van der Waals surface area contributed by atoms with Gasteiger partial charge in [-0.25, -0.2) is 4.98 Å². The molecule has 102 valence electrons. The number of amides is 1. The second kappa shape index (κ2) is 5.81. The van der Waals surface area contributed by atoms with Gasteiger partial charge in [0.1, 0.15) is 11.3 Å². The summed E-state index contributed by atoms with van der Waals surface area (Å²) in [5.74, 6) is -0.666. The number of carbonyl (C=O) groups is 1. The van der Waals surface area contributed by atoms with E-state index in [-0.39, 0.29) is 27.1 Å². The summed E-state index contributed by atoms with van der Waals surface area (Å²) in [6.45, 7) is 0. The molecule has 2 aromatic rings. The summed E-state index contributed by atoms with van der Waals surface area (Å²) in [7, 11) is 0. The van der Waals surface area contributed by atoms with Gasteiger partial charge in [-0.2, -0.15) is 0 Å². The Morgan fingerprint density at radius 1 is 1.35 bits per heavy atom. The zero-order valence-corrected chi connectivity index (χ0v) is 11.2. The van der Waals surface area contributed by atoms with Gasteiger partial charge in [0.2, 0.25) is 0 Å². The second-order valence-electron chi connectivity index (χ2n) is 3.60. The van der Waals surface area contributed by atoms with Crippen LogP contribution in [0.15, 0.2) is 30.7 Å². The molecular formula is C11H6Cl2N4O3. The van der Waals surface area contributed by atoms with Gasteiger partial charge in [0, 0.05) is 12.3 Å². The summed E-state index contributed by atoms with van der Waals surface area (Å²) in [4.78, 5) is 29.4. The third-order valence-electron chi connectivity index (χ3n) is 2.30. The van der Waals surface area contributed by atoms with Crippen LogP contribution in [0, 0.1) is 10.1 Å². The largest absolute Gasteiger partial charge is 0.319 e. The Kier molecular flexibility index (Phi) is 4.11. The van der Waals surface area contributed by atoms with Crippen LogP contribution in [0.4, 0.5) is 11.4 Å². The minimum absolute atomic E-state index is 0.124. The number of aromatic nitrogens is 2. The molecule has 0 aliphatic rings. The third-order valence-corrected chi connectivity index (χ3v) is 2.93. The van der Waals surface area contributed by atoms with Crippen molar-refractivity contribution in [3.8, 4) is 0 Å². The lowest BCUT2D eigenvalue weighted by Gasteiger charge is -2.07. The molecule has 0 radical (unpaired) electrons. The van der Waals surface area contributed by atoms with Crippen LogP contribution in [0.1, 0.15) is 10.4 Å². The molecule has 1 amide bonds. The summed E-state index contributed by atoms with van der Waals surface area (Å²) >= 11 is 11.6. The molecule has 0 bridgehead atoms. The fraction of sp³-hybridized carbons (Fsp3) is 0. The smallest absolute Gasteiger partial charge is 0.288 e. The molecule has 7 nitrogen and oxygen atoms in total. The lowest BCUT2D eigenvalue weighted by atomic mass is 10.2. The number of halogens is 2. The van der Waals surface area contributed by atoms with Crippen LogP contribution in [0.25, 0.3) is 0 Å². The monoisotopic (exact) mass is 312 g/mol. The quantitative estimate of drug-likeness (QED) is 0.533. The van der Waals surface area contributed by atoms with E-state index in [9.17, 15) is 14.9 Å². The molecule has 0 saturated heterocycles. The summed E-state index contributed by atoms with van der Waals surface area (Å²) in [6, 6.07) is 2.53. The number of nitrogens with zero attached hydrogens (tertiary/aromatic N) is 3. The predicted molar refractivity (Wildman–Crippen MR) is 73.1 cm³/mol. The Hall–Kier alpha value is -2.25. The number of nitro groups is 1. The molecule has 2 aromatic heterocycles. The maximum Gasteiger partial charge on any atom is 0.288 e. The van der Waals surface area contributed by atoms with E-state index in [2.05, 4.69) is 15.3 Å². The average Bonchev–Trinajstić information content (AvgIpc) is 2.41. The summed E-state index contributed by atoms with van der Waals surface area (Å²) in [5, 5.41) is 13.2. The molecule has 0 atom stereocenters. The van der Waals surface area contributed by atoms with E-state index in [0.717, 1.165) is 12.3 Å². The maximum absolute atomic E-state index is 12.0. The van der Waals surface area contributed by atoms with Gasteiger partial charge in [0.05, 0.1) is 27.4 Å². The SMILES string of the molecule is O=C(Nc1cnccc1Cl)c1cc([N+](=O)[O-])cnc1Cl. The van der Waals surface area contributed by atoms with Crippen molar-refractivity contribution in [1.29, 1.82) is 0 Å². The van der Waals surface area contributed by atoms with Crippen LogP contribution in [-0.2, 0) is 0 Å². The van der Waals surface area contributed by atoms with Crippen molar-refractivity contribution in [3.63, 3.8) is 0 Å². The molecule has 9 heteroatoms. The number of pyridine rings is 2. The van der Waals surface area contributed by atoms with Gasteiger partial charge < -0.3 is 5.32 Å². The first-order valence-corrected chi connectivity index (χ1v) is 5.95. The number of rotatable bonds is 3. The molecule has 0 aliphatic heterocycles. The zero-order chi connectivity index (χ0) is 14.7. The van der Waals surface area contributed by atoms with Gasteiger partial charge in [-0.15, -0.1) is 0 Å². The first kappa shape index (κ1) is 14.2. The lowest BCUT2D eigenvalue weighted by Crippen LogP contribution is -2.14. The standard InChI is InChI=1S/C11H6Cl2N4O3/c12-8-1-2-14-5-9(8)16-11(18)7-3-6(17(19)20)4-15-10(7)13/h1-5H,(H,16,18). The highest BCUT2D eigenvalue weighted by Gasteiger charge is 2.18. The number of carbonyl (C=O) groups excluding carboxylic acids is 1. The highest BCUT2D eigenvalue weighted by Crippen LogP contribution is 2.23. The molecule has 2 heterocycles. The first-order chi connectivity index (χ1) is 9.49. The van der Waals surface area contributed by atoms with Crippen molar-refractivity contribution < 1.29 is 9.72 Å². The van der Waals surface area contributed by atoms with Gasteiger partial charge in [-0.3, -0.25) is 19.9 Å². The summed E-state index contributed by atoms with van der Waals surface area (Å²) < 4.78 is 0. The minimum atomic E-state index is -0.669. The van der Waals surface area contributed by atoms with E-state index >= 15 is 0 Å². The number of nitrogens with one attached hydrogen (secondary N) is 1. The van der Waals surface area contributed by atoms with Crippen LogP contribution in [0.3, 0.4) is 0 Å². The first-order valence-electron chi connectivity index (χ1n) is 5.20. The molecule has 2 rings (SSSR count).